The van der Waals surface area contributed by atoms with Crippen LogP contribution in [0.15, 0.2) is 358 Å². The fraction of sp³-hybridized carbons (Fsp3) is 0.0323. The largest absolute Gasteiger partial charge is 0.0725 e. The zero-order valence-corrected chi connectivity index (χ0v) is 51.6. The molecule has 93 heavy (non-hydrogen) atoms. The van der Waals surface area contributed by atoms with Gasteiger partial charge in [-0.1, -0.05) is 297 Å². The van der Waals surface area contributed by atoms with Crippen molar-refractivity contribution in [2.24, 2.45) is 0 Å². The highest BCUT2D eigenvalue weighted by atomic mass is 14.6. The van der Waals surface area contributed by atoms with Gasteiger partial charge in [-0.25, -0.2) is 0 Å². The molecule has 0 aliphatic heterocycles. The molecule has 0 nitrogen and oxygen atoms in total. The Hall–Kier alpha value is -11.7. The lowest BCUT2D eigenvalue weighted by Gasteiger charge is -2.36. The van der Waals surface area contributed by atoms with Crippen molar-refractivity contribution in [3.63, 3.8) is 0 Å². The minimum Gasteiger partial charge on any atom is -0.0622 e. The van der Waals surface area contributed by atoms with E-state index in [4.69, 9.17) is 0 Å². The first-order valence-electron chi connectivity index (χ1n) is 32.5. The highest BCUT2D eigenvalue weighted by molar-refractivity contribution is 6.05. The summed E-state index contributed by atoms with van der Waals surface area (Å²) in [6.07, 6.45) is 0. The van der Waals surface area contributed by atoms with E-state index in [1.807, 2.05) is 0 Å². The molecule has 0 bridgehead atoms. The SMILES string of the molecule is Cc1cccc2c1-c1c(ccc3c1-c1ccccc1C31c3ccccc3-c3ccccc31)C2(c1cc(-c2cccc(-c3ccccc3)c2)cc(-c2cccc(-c3ccccc3)c2)c1)c1cc(-c2cccc(-c3ccccc3)c2)cc(-c2cccc(-c3ccccc3)c2)c1. The minimum atomic E-state index is -0.903. The van der Waals surface area contributed by atoms with E-state index < -0.39 is 10.8 Å². The number of fused-ring (bicyclic) bond motifs is 14. The molecule has 0 saturated heterocycles. The first-order chi connectivity index (χ1) is 46.0. The van der Waals surface area contributed by atoms with Gasteiger partial charge >= 0.3 is 0 Å². The third kappa shape index (κ3) is 8.53. The van der Waals surface area contributed by atoms with Crippen molar-refractivity contribution in [1.82, 2.24) is 0 Å². The van der Waals surface area contributed by atoms with Gasteiger partial charge in [-0.05, 0) is 240 Å². The van der Waals surface area contributed by atoms with Crippen molar-refractivity contribution in [1.29, 1.82) is 0 Å². The number of hydrogen-bond acceptors (Lipinski definition) is 0. The molecule has 0 amide bonds. The summed E-state index contributed by atoms with van der Waals surface area (Å²) in [5, 5.41) is 0. The second kappa shape index (κ2) is 21.8. The van der Waals surface area contributed by atoms with Gasteiger partial charge < -0.3 is 0 Å². The van der Waals surface area contributed by atoms with Gasteiger partial charge in [0, 0.05) is 0 Å². The van der Waals surface area contributed by atoms with Crippen LogP contribution in [0.4, 0.5) is 0 Å². The predicted octanol–water partition coefficient (Wildman–Crippen LogP) is 24.0. The van der Waals surface area contributed by atoms with Crippen LogP contribution in [0.2, 0.25) is 0 Å². The molecule has 3 aliphatic rings. The molecule has 0 heteroatoms. The molecule has 0 fully saturated rings. The van der Waals surface area contributed by atoms with Gasteiger partial charge in [-0.3, -0.25) is 0 Å². The van der Waals surface area contributed by atoms with Crippen LogP contribution in [-0.4, -0.2) is 0 Å². The summed E-state index contributed by atoms with van der Waals surface area (Å²) < 4.78 is 0. The topological polar surface area (TPSA) is 0 Å². The molecule has 0 heterocycles. The Morgan fingerprint density at radius 3 is 0.796 bits per heavy atom. The summed E-state index contributed by atoms with van der Waals surface area (Å²) in [5.74, 6) is 0. The first-order valence-corrected chi connectivity index (χ1v) is 32.5. The fourth-order valence-corrected chi connectivity index (χ4v) is 16.4. The molecule has 434 valence electrons. The molecule has 0 saturated carbocycles. The molecule has 0 unspecified atom stereocenters. The minimum absolute atomic E-state index is 0.538. The lowest BCUT2D eigenvalue weighted by atomic mass is 9.65. The fourth-order valence-electron chi connectivity index (χ4n) is 16.4. The molecule has 0 radical (unpaired) electrons. The van der Waals surface area contributed by atoms with Crippen molar-refractivity contribution in [3.05, 3.63) is 408 Å². The quantitative estimate of drug-likeness (QED) is 0.128. The van der Waals surface area contributed by atoms with Crippen molar-refractivity contribution < 1.29 is 0 Å². The van der Waals surface area contributed by atoms with Gasteiger partial charge in [0.1, 0.15) is 0 Å². The van der Waals surface area contributed by atoms with Gasteiger partial charge in [0.2, 0.25) is 0 Å². The summed E-state index contributed by atoms with van der Waals surface area (Å²) in [6.45, 7) is 2.35. The van der Waals surface area contributed by atoms with Crippen LogP contribution in [0.3, 0.4) is 0 Å². The van der Waals surface area contributed by atoms with Gasteiger partial charge in [0.15, 0.2) is 0 Å². The van der Waals surface area contributed by atoms with Gasteiger partial charge in [-0.2, -0.15) is 0 Å². The van der Waals surface area contributed by atoms with Crippen LogP contribution >= 0.6 is 0 Å². The normalized spacial score (nSPS) is 13.2. The highest BCUT2D eigenvalue weighted by Crippen LogP contribution is 2.68. The predicted molar refractivity (Wildman–Crippen MR) is 388 cm³/mol. The van der Waals surface area contributed by atoms with Crippen molar-refractivity contribution in [3.8, 4) is 122 Å². The molecule has 15 aromatic rings. The second-order valence-corrected chi connectivity index (χ2v) is 25.4. The standard InChI is InChI=1S/C93H62/c1-61-25-20-48-86-89(61)91-88(50-49-87-90(91)82-44-16-19-47-85(82)93(87)83-45-17-14-42-80(83)81-43-15-18-46-84(81)93)92(86,78-57-74(70-38-21-34-66(51-70)62-26-6-2-7-27-62)55-75(58-78)71-39-22-35-67(52-71)63-28-8-3-9-29-63)79-59-76(72-40-23-36-68(53-72)64-30-10-4-11-31-64)56-77(60-79)73-41-24-37-69(54-73)65-32-12-5-13-33-65/h2-60H,1H3. The van der Waals surface area contributed by atoms with E-state index in [-0.39, 0.29) is 0 Å². The molecule has 0 N–H and O–H groups in total. The smallest absolute Gasteiger partial charge is 0.0622 e. The number of hydrogen-bond donors (Lipinski definition) is 0. The van der Waals surface area contributed by atoms with Crippen LogP contribution < -0.4 is 0 Å². The van der Waals surface area contributed by atoms with Gasteiger partial charge in [0.05, 0.1) is 10.8 Å². The lowest BCUT2D eigenvalue weighted by Crippen LogP contribution is -2.29. The van der Waals surface area contributed by atoms with E-state index >= 15 is 0 Å². The third-order valence-corrected chi connectivity index (χ3v) is 20.4. The van der Waals surface area contributed by atoms with Crippen LogP contribution in [0.1, 0.15) is 50.1 Å². The maximum atomic E-state index is 2.57. The Balaban J connectivity index is 0.991. The molecular weight excluding hydrogens is 1120 g/mol. The van der Waals surface area contributed by atoms with Gasteiger partial charge in [0.25, 0.3) is 0 Å². The summed E-state index contributed by atoms with van der Waals surface area (Å²) in [7, 11) is 0. The van der Waals surface area contributed by atoms with E-state index in [2.05, 4.69) is 365 Å². The maximum absolute atomic E-state index is 2.57. The van der Waals surface area contributed by atoms with E-state index in [1.54, 1.807) is 0 Å². The number of aryl methyl sites for hydroxylation is 1. The molecule has 18 rings (SSSR count). The molecule has 1 spiro atoms. The van der Waals surface area contributed by atoms with Gasteiger partial charge in [-0.15, -0.1) is 0 Å². The Morgan fingerprint density at radius 2 is 0.419 bits per heavy atom. The lowest BCUT2D eigenvalue weighted by molar-refractivity contribution is 0.765. The molecule has 0 atom stereocenters. The van der Waals surface area contributed by atoms with Crippen molar-refractivity contribution in [2.75, 3.05) is 0 Å². The van der Waals surface area contributed by atoms with E-state index in [0.29, 0.717) is 0 Å². The Kier molecular flexibility index (Phi) is 12.7. The maximum Gasteiger partial charge on any atom is 0.0725 e. The summed E-state index contributed by atoms with van der Waals surface area (Å²) in [5.41, 5.74) is 36.6. The Morgan fingerprint density at radius 1 is 0.161 bits per heavy atom. The second-order valence-electron chi connectivity index (χ2n) is 25.4. The van der Waals surface area contributed by atoms with Crippen LogP contribution in [0.5, 0.6) is 0 Å². The number of benzene rings is 15. The number of rotatable bonds is 10. The van der Waals surface area contributed by atoms with Crippen LogP contribution in [0, 0.1) is 6.92 Å². The highest BCUT2D eigenvalue weighted by Gasteiger charge is 2.56. The average molecular weight is 1180 g/mol. The zero-order chi connectivity index (χ0) is 61.6. The van der Waals surface area contributed by atoms with Crippen molar-refractivity contribution in [2.45, 2.75) is 17.8 Å². The summed E-state index contributed by atoms with van der Waals surface area (Å²) in [6, 6.07) is 135. The van der Waals surface area contributed by atoms with E-state index in [0.717, 1.165) is 44.5 Å². The molecule has 0 aromatic heterocycles. The first kappa shape index (κ1) is 54.3. The molecular formula is C93H62. The molecule has 3 aliphatic carbocycles. The third-order valence-electron chi connectivity index (χ3n) is 20.4. The van der Waals surface area contributed by atoms with Crippen molar-refractivity contribution >= 4 is 0 Å². The van der Waals surface area contributed by atoms with E-state index in [1.165, 1.54) is 128 Å². The summed E-state index contributed by atoms with van der Waals surface area (Å²) in [4.78, 5) is 0. The Bertz CT molecular complexity index is 4980. The van der Waals surface area contributed by atoms with Crippen LogP contribution in [0.25, 0.3) is 122 Å². The van der Waals surface area contributed by atoms with Crippen LogP contribution in [-0.2, 0) is 10.8 Å². The zero-order valence-electron chi connectivity index (χ0n) is 51.6. The monoisotopic (exact) mass is 1180 g/mol. The molecule has 15 aromatic carbocycles. The Labute approximate surface area is 544 Å². The van der Waals surface area contributed by atoms with E-state index in [9.17, 15) is 0 Å². The average Bonchev–Trinajstić information content (AvgIpc) is 1.50. The summed E-state index contributed by atoms with van der Waals surface area (Å²) >= 11 is 0.